The van der Waals surface area contributed by atoms with E-state index in [4.69, 9.17) is 13.9 Å². The van der Waals surface area contributed by atoms with Crippen molar-refractivity contribution in [1.82, 2.24) is 4.90 Å². The van der Waals surface area contributed by atoms with E-state index in [1.54, 1.807) is 24.3 Å². The predicted octanol–water partition coefficient (Wildman–Crippen LogP) is 5.22. The fourth-order valence-corrected chi connectivity index (χ4v) is 4.11. The van der Waals surface area contributed by atoms with Crippen molar-refractivity contribution < 1.29 is 23.1 Å². The monoisotopic (exact) mass is 407 g/mol. The molecule has 1 atom stereocenters. The number of fused-ring (bicyclic) bond motifs is 1. The average Bonchev–Trinajstić information content (AvgIpc) is 3.39. The van der Waals surface area contributed by atoms with Gasteiger partial charge in [-0.2, -0.15) is 0 Å². The number of carbonyl (C=O) groups is 1. The summed E-state index contributed by atoms with van der Waals surface area (Å²) < 4.78 is 30.5. The molecule has 2 aromatic carbocycles. The summed E-state index contributed by atoms with van der Waals surface area (Å²) in [6, 6.07) is 15.4. The first kappa shape index (κ1) is 18.7. The maximum atomic E-state index is 13.2. The van der Waals surface area contributed by atoms with Crippen LogP contribution in [-0.4, -0.2) is 30.6 Å². The van der Waals surface area contributed by atoms with Crippen molar-refractivity contribution in [2.45, 2.75) is 25.3 Å². The largest absolute Gasteiger partial charge is 0.490 e. The molecule has 30 heavy (non-hydrogen) atoms. The van der Waals surface area contributed by atoms with Crippen molar-refractivity contribution in [3.05, 3.63) is 71.7 Å². The van der Waals surface area contributed by atoms with Gasteiger partial charge >= 0.3 is 0 Å². The zero-order valence-corrected chi connectivity index (χ0v) is 16.5. The summed E-state index contributed by atoms with van der Waals surface area (Å²) in [4.78, 5) is 15.0. The zero-order valence-electron chi connectivity index (χ0n) is 16.5. The number of ether oxygens (including phenoxy) is 2. The van der Waals surface area contributed by atoms with Gasteiger partial charge in [-0.3, -0.25) is 4.79 Å². The molecule has 3 aromatic rings. The molecule has 1 aromatic heterocycles. The van der Waals surface area contributed by atoms with Crippen LogP contribution in [0.5, 0.6) is 11.5 Å². The van der Waals surface area contributed by atoms with Crippen LogP contribution >= 0.6 is 0 Å². The number of rotatable bonds is 3. The molecule has 1 amide bonds. The number of hydrogen-bond donors (Lipinski definition) is 0. The zero-order chi connectivity index (χ0) is 20.5. The van der Waals surface area contributed by atoms with Crippen LogP contribution < -0.4 is 9.47 Å². The van der Waals surface area contributed by atoms with Crippen molar-refractivity contribution in [3.63, 3.8) is 0 Å². The number of furan rings is 1. The first-order chi connectivity index (χ1) is 14.7. The number of amides is 1. The summed E-state index contributed by atoms with van der Waals surface area (Å²) in [5, 5.41) is 0. The lowest BCUT2D eigenvalue weighted by Gasteiger charge is -2.25. The van der Waals surface area contributed by atoms with Crippen molar-refractivity contribution in [3.8, 4) is 22.8 Å². The maximum Gasteiger partial charge on any atom is 0.290 e. The van der Waals surface area contributed by atoms with Crippen molar-refractivity contribution in [2.24, 2.45) is 0 Å². The molecule has 0 bridgehead atoms. The molecule has 5 rings (SSSR count). The van der Waals surface area contributed by atoms with Crippen LogP contribution in [0, 0.1) is 5.82 Å². The Labute approximate surface area is 174 Å². The SMILES string of the molecule is O=C(c1ccc(-c2ccc(F)cc2)o1)N1CCC[C@H]1c1ccc2c(c1)OCCCO2. The number of hydrogen-bond acceptors (Lipinski definition) is 4. The molecule has 0 radical (unpaired) electrons. The Morgan fingerprint density at radius 2 is 1.73 bits per heavy atom. The quantitative estimate of drug-likeness (QED) is 0.597. The topological polar surface area (TPSA) is 51.9 Å². The first-order valence-corrected chi connectivity index (χ1v) is 10.3. The van der Waals surface area contributed by atoms with Gasteiger partial charge in [0.2, 0.25) is 0 Å². The van der Waals surface area contributed by atoms with E-state index in [2.05, 4.69) is 0 Å². The third-order valence-corrected chi connectivity index (χ3v) is 5.62. The fourth-order valence-electron chi connectivity index (χ4n) is 4.11. The Morgan fingerprint density at radius 3 is 2.57 bits per heavy atom. The summed E-state index contributed by atoms with van der Waals surface area (Å²) in [5.41, 5.74) is 1.77. The minimum Gasteiger partial charge on any atom is -0.490 e. The molecular formula is C24H22FNO4. The number of nitrogens with zero attached hydrogens (tertiary/aromatic N) is 1. The van der Waals surface area contributed by atoms with Gasteiger partial charge in [-0.05, 0) is 66.9 Å². The van der Waals surface area contributed by atoms with Gasteiger partial charge in [0, 0.05) is 18.5 Å². The number of benzene rings is 2. The van der Waals surface area contributed by atoms with Gasteiger partial charge in [-0.25, -0.2) is 4.39 Å². The van der Waals surface area contributed by atoms with Crippen molar-refractivity contribution in [1.29, 1.82) is 0 Å². The van der Waals surface area contributed by atoms with E-state index in [0.29, 0.717) is 25.5 Å². The van der Waals surface area contributed by atoms with Gasteiger partial charge < -0.3 is 18.8 Å². The molecule has 0 spiro atoms. The number of halogens is 1. The molecule has 0 saturated carbocycles. The summed E-state index contributed by atoms with van der Waals surface area (Å²) in [6.07, 6.45) is 2.67. The summed E-state index contributed by atoms with van der Waals surface area (Å²) in [5.74, 6) is 1.87. The van der Waals surface area contributed by atoms with Crippen LogP contribution in [-0.2, 0) is 0 Å². The summed E-state index contributed by atoms with van der Waals surface area (Å²) >= 11 is 0. The Balaban J connectivity index is 1.38. The average molecular weight is 407 g/mol. The Bertz CT molecular complexity index is 1060. The van der Waals surface area contributed by atoms with Crippen LogP contribution in [0.2, 0.25) is 0 Å². The molecule has 6 heteroatoms. The summed E-state index contributed by atoms with van der Waals surface area (Å²) in [7, 11) is 0. The van der Waals surface area contributed by atoms with Gasteiger partial charge in [0.15, 0.2) is 17.3 Å². The molecular weight excluding hydrogens is 385 g/mol. The second kappa shape index (κ2) is 7.86. The van der Waals surface area contributed by atoms with Crippen molar-refractivity contribution in [2.75, 3.05) is 19.8 Å². The van der Waals surface area contributed by atoms with Gasteiger partial charge in [0.1, 0.15) is 11.6 Å². The second-order valence-electron chi connectivity index (χ2n) is 7.58. The maximum absolute atomic E-state index is 13.2. The molecule has 0 aliphatic carbocycles. The highest BCUT2D eigenvalue weighted by Crippen LogP contribution is 2.38. The third-order valence-electron chi connectivity index (χ3n) is 5.62. The standard InChI is InChI=1S/C24H22FNO4/c25-18-7-4-16(5-8-18)20-10-11-22(30-20)24(27)26-12-1-3-19(26)17-6-9-21-23(15-17)29-14-2-13-28-21/h4-11,15,19H,1-3,12-14H2/t19-/m0/s1. The molecule has 154 valence electrons. The minimum atomic E-state index is -0.309. The van der Waals surface area contributed by atoms with Gasteiger partial charge in [0.05, 0.1) is 19.3 Å². The lowest BCUT2D eigenvalue weighted by atomic mass is 10.0. The Kier molecular flexibility index (Phi) is 4.91. The molecule has 5 nitrogen and oxygen atoms in total. The van der Waals surface area contributed by atoms with Crippen LogP contribution in [0.25, 0.3) is 11.3 Å². The van der Waals surface area contributed by atoms with E-state index in [-0.39, 0.29) is 23.5 Å². The highest BCUT2D eigenvalue weighted by molar-refractivity contribution is 5.92. The minimum absolute atomic E-state index is 0.0333. The lowest BCUT2D eigenvalue weighted by molar-refractivity contribution is 0.0704. The van der Waals surface area contributed by atoms with E-state index in [9.17, 15) is 9.18 Å². The normalized spacial score (nSPS) is 18.3. The van der Waals surface area contributed by atoms with Crippen LogP contribution in [0.1, 0.15) is 41.4 Å². The van der Waals surface area contributed by atoms with E-state index >= 15 is 0 Å². The molecule has 2 aliphatic rings. The first-order valence-electron chi connectivity index (χ1n) is 10.3. The van der Waals surface area contributed by atoms with Gasteiger partial charge in [-0.1, -0.05) is 6.07 Å². The smallest absolute Gasteiger partial charge is 0.290 e. The molecule has 2 aliphatic heterocycles. The molecule has 0 N–H and O–H groups in total. The second-order valence-corrected chi connectivity index (χ2v) is 7.58. The highest BCUT2D eigenvalue weighted by atomic mass is 19.1. The van der Waals surface area contributed by atoms with Gasteiger partial charge in [-0.15, -0.1) is 0 Å². The highest BCUT2D eigenvalue weighted by Gasteiger charge is 2.33. The van der Waals surface area contributed by atoms with E-state index < -0.39 is 0 Å². The van der Waals surface area contributed by atoms with E-state index in [0.717, 1.165) is 41.9 Å². The van der Waals surface area contributed by atoms with Crippen LogP contribution in [0.4, 0.5) is 4.39 Å². The van der Waals surface area contributed by atoms with E-state index in [1.807, 2.05) is 23.1 Å². The van der Waals surface area contributed by atoms with Crippen LogP contribution in [0.15, 0.2) is 59.0 Å². The Hall–Kier alpha value is -3.28. The molecule has 3 heterocycles. The Morgan fingerprint density at radius 1 is 0.933 bits per heavy atom. The number of carbonyl (C=O) groups excluding carboxylic acids is 1. The third kappa shape index (κ3) is 3.54. The molecule has 1 saturated heterocycles. The van der Waals surface area contributed by atoms with Crippen LogP contribution in [0.3, 0.4) is 0 Å². The molecule has 1 fully saturated rings. The summed E-state index contributed by atoms with van der Waals surface area (Å²) in [6.45, 7) is 1.95. The van der Waals surface area contributed by atoms with Gasteiger partial charge in [0.25, 0.3) is 5.91 Å². The van der Waals surface area contributed by atoms with Crippen molar-refractivity contribution >= 4 is 5.91 Å². The number of likely N-dealkylation sites (tertiary alicyclic amines) is 1. The van der Waals surface area contributed by atoms with E-state index in [1.165, 1.54) is 12.1 Å². The lowest BCUT2D eigenvalue weighted by Crippen LogP contribution is -2.30. The fraction of sp³-hybridized carbons (Fsp3) is 0.292. The predicted molar refractivity (Wildman–Crippen MR) is 109 cm³/mol. The molecule has 0 unspecified atom stereocenters.